The van der Waals surface area contributed by atoms with Gasteiger partial charge in [-0.15, -0.1) is 5.10 Å². The molecule has 0 spiro atoms. The van der Waals surface area contributed by atoms with E-state index in [1.165, 1.54) is 25.3 Å². The normalized spacial score (nSPS) is 18.6. The number of halogens is 1. The molecule has 2 heterocycles. The van der Waals surface area contributed by atoms with Crippen molar-refractivity contribution in [1.82, 2.24) is 19.9 Å². The van der Waals surface area contributed by atoms with Crippen LogP contribution in [0.4, 0.5) is 4.39 Å². The van der Waals surface area contributed by atoms with Crippen molar-refractivity contribution < 1.29 is 4.39 Å². The van der Waals surface area contributed by atoms with Crippen LogP contribution in [0.3, 0.4) is 0 Å². The molecule has 0 bridgehead atoms. The van der Waals surface area contributed by atoms with Crippen LogP contribution in [0.15, 0.2) is 60.8 Å². The fourth-order valence-electron chi connectivity index (χ4n) is 3.73. The zero-order valence-electron chi connectivity index (χ0n) is 14.8. The first-order valence-electron chi connectivity index (χ1n) is 9.26. The summed E-state index contributed by atoms with van der Waals surface area (Å²) in [4.78, 5) is 2.42. The third kappa shape index (κ3) is 3.83. The Morgan fingerprint density at radius 2 is 1.88 bits per heavy atom. The van der Waals surface area contributed by atoms with Crippen LogP contribution in [0.1, 0.15) is 43.0 Å². The third-order valence-corrected chi connectivity index (χ3v) is 5.02. The predicted molar refractivity (Wildman–Crippen MR) is 99.4 cm³/mol. The van der Waals surface area contributed by atoms with Crippen molar-refractivity contribution in [3.63, 3.8) is 0 Å². The van der Waals surface area contributed by atoms with Gasteiger partial charge in [0, 0.05) is 12.6 Å². The molecule has 1 atom stereocenters. The lowest BCUT2D eigenvalue weighted by molar-refractivity contribution is 0.190. The van der Waals surface area contributed by atoms with E-state index in [1.54, 1.807) is 12.1 Å². The minimum absolute atomic E-state index is 0.165. The standard InChI is InChI=1S/C21H23FN4/c22-18-9-7-8-17(14-18)21-12-5-2-6-13-25(21)15-19-16-26(24-23-19)20-10-3-1-4-11-20/h1,3-4,7-11,14,16,21H,2,5-6,12-13,15H2/t21-/m1/s1. The van der Waals surface area contributed by atoms with Gasteiger partial charge in [-0.1, -0.05) is 48.4 Å². The highest BCUT2D eigenvalue weighted by Crippen LogP contribution is 2.31. The highest BCUT2D eigenvalue weighted by atomic mass is 19.1. The Kier molecular flexibility index (Phi) is 5.07. The Morgan fingerprint density at radius 3 is 2.73 bits per heavy atom. The molecule has 5 heteroatoms. The van der Waals surface area contributed by atoms with E-state index >= 15 is 0 Å². The van der Waals surface area contributed by atoms with Crippen LogP contribution in [-0.4, -0.2) is 26.4 Å². The Balaban J connectivity index is 1.55. The summed E-state index contributed by atoms with van der Waals surface area (Å²) in [6, 6.07) is 17.3. The summed E-state index contributed by atoms with van der Waals surface area (Å²) in [5.74, 6) is -0.165. The van der Waals surface area contributed by atoms with E-state index in [2.05, 4.69) is 15.2 Å². The van der Waals surface area contributed by atoms with Crippen LogP contribution in [0.5, 0.6) is 0 Å². The fraction of sp³-hybridized carbons (Fsp3) is 0.333. The average molecular weight is 350 g/mol. The SMILES string of the molecule is Fc1cccc([C@H]2CCCCCN2Cc2cn(-c3ccccc3)nn2)c1. The molecule has 0 saturated carbocycles. The van der Waals surface area contributed by atoms with Crippen LogP contribution in [0.25, 0.3) is 5.69 Å². The van der Waals surface area contributed by atoms with Crippen molar-refractivity contribution in [3.05, 3.63) is 77.9 Å². The molecule has 3 aromatic rings. The van der Waals surface area contributed by atoms with Gasteiger partial charge in [0.1, 0.15) is 5.82 Å². The second-order valence-electron chi connectivity index (χ2n) is 6.88. The smallest absolute Gasteiger partial charge is 0.123 e. The van der Waals surface area contributed by atoms with E-state index in [-0.39, 0.29) is 11.9 Å². The molecule has 0 unspecified atom stereocenters. The Labute approximate surface area is 153 Å². The second-order valence-corrected chi connectivity index (χ2v) is 6.88. The summed E-state index contributed by atoms with van der Waals surface area (Å²) >= 11 is 0. The van der Waals surface area contributed by atoms with Gasteiger partial charge in [-0.2, -0.15) is 0 Å². The first-order chi connectivity index (χ1) is 12.8. The molecule has 26 heavy (non-hydrogen) atoms. The maximum absolute atomic E-state index is 13.7. The first kappa shape index (κ1) is 16.9. The number of hydrogen-bond acceptors (Lipinski definition) is 3. The quantitative estimate of drug-likeness (QED) is 0.693. The molecule has 0 aliphatic carbocycles. The molecule has 1 fully saturated rings. The van der Waals surface area contributed by atoms with Gasteiger partial charge in [0.15, 0.2) is 0 Å². The number of rotatable bonds is 4. The lowest BCUT2D eigenvalue weighted by atomic mass is 10.0. The van der Waals surface area contributed by atoms with E-state index in [9.17, 15) is 4.39 Å². The summed E-state index contributed by atoms with van der Waals surface area (Å²) in [7, 11) is 0. The molecule has 4 rings (SSSR count). The van der Waals surface area contributed by atoms with Crippen LogP contribution in [0.2, 0.25) is 0 Å². The van der Waals surface area contributed by atoms with Crippen LogP contribution >= 0.6 is 0 Å². The molecular formula is C21H23FN4. The predicted octanol–water partition coefficient (Wildman–Crippen LogP) is 4.52. The van der Waals surface area contributed by atoms with Crippen LogP contribution in [0, 0.1) is 5.82 Å². The van der Waals surface area contributed by atoms with Crippen LogP contribution < -0.4 is 0 Å². The van der Waals surface area contributed by atoms with Gasteiger partial charge in [-0.05, 0) is 49.2 Å². The largest absolute Gasteiger partial charge is 0.290 e. The van der Waals surface area contributed by atoms with Crippen molar-refractivity contribution in [3.8, 4) is 5.69 Å². The number of likely N-dealkylation sites (tertiary alicyclic amines) is 1. The highest BCUT2D eigenvalue weighted by molar-refractivity contribution is 5.30. The summed E-state index contributed by atoms with van der Waals surface area (Å²) in [6.07, 6.45) is 6.60. The first-order valence-corrected chi connectivity index (χ1v) is 9.26. The lowest BCUT2D eigenvalue weighted by Crippen LogP contribution is -2.28. The number of nitrogens with zero attached hydrogens (tertiary/aromatic N) is 4. The number of benzene rings is 2. The van der Waals surface area contributed by atoms with Gasteiger partial charge in [0.2, 0.25) is 0 Å². The van der Waals surface area contributed by atoms with E-state index in [1.807, 2.05) is 47.3 Å². The number of para-hydroxylation sites is 1. The van der Waals surface area contributed by atoms with E-state index in [4.69, 9.17) is 0 Å². The molecule has 1 saturated heterocycles. The fourth-order valence-corrected chi connectivity index (χ4v) is 3.73. The molecule has 1 aliphatic rings. The van der Waals surface area contributed by atoms with E-state index in [0.29, 0.717) is 0 Å². The topological polar surface area (TPSA) is 34.0 Å². The van der Waals surface area contributed by atoms with Gasteiger partial charge in [0.25, 0.3) is 0 Å². The zero-order chi connectivity index (χ0) is 17.8. The van der Waals surface area contributed by atoms with Crippen molar-refractivity contribution in [2.24, 2.45) is 0 Å². The monoisotopic (exact) mass is 350 g/mol. The van der Waals surface area contributed by atoms with Gasteiger partial charge in [-0.25, -0.2) is 9.07 Å². The third-order valence-electron chi connectivity index (χ3n) is 5.02. The summed E-state index contributed by atoms with van der Waals surface area (Å²) in [6.45, 7) is 1.73. The van der Waals surface area contributed by atoms with Gasteiger partial charge in [-0.3, -0.25) is 4.90 Å². The Hall–Kier alpha value is -2.53. The highest BCUT2D eigenvalue weighted by Gasteiger charge is 2.24. The molecule has 1 aliphatic heterocycles. The maximum Gasteiger partial charge on any atom is 0.123 e. The van der Waals surface area contributed by atoms with Crippen molar-refractivity contribution in [1.29, 1.82) is 0 Å². The summed E-state index contributed by atoms with van der Waals surface area (Å²) < 4.78 is 15.5. The molecule has 0 N–H and O–H groups in total. The minimum atomic E-state index is -0.165. The summed E-state index contributed by atoms with van der Waals surface area (Å²) in [5.41, 5.74) is 3.00. The van der Waals surface area contributed by atoms with Crippen molar-refractivity contribution in [2.45, 2.75) is 38.3 Å². The zero-order valence-corrected chi connectivity index (χ0v) is 14.8. The molecule has 4 nitrogen and oxygen atoms in total. The van der Waals surface area contributed by atoms with E-state index < -0.39 is 0 Å². The van der Waals surface area contributed by atoms with Gasteiger partial charge < -0.3 is 0 Å². The molecule has 0 radical (unpaired) electrons. The van der Waals surface area contributed by atoms with Crippen molar-refractivity contribution in [2.75, 3.05) is 6.54 Å². The average Bonchev–Trinajstić information content (AvgIpc) is 3.01. The molecule has 2 aromatic carbocycles. The number of aromatic nitrogens is 3. The number of hydrogen-bond donors (Lipinski definition) is 0. The molecule has 1 aromatic heterocycles. The van der Waals surface area contributed by atoms with E-state index in [0.717, 1.165) is 36.5 Å². The van der Waals surface area contributed by atoms with Crippen LogP contribution in [-0.2, 0) is 6.54 Å². The van der Waals surface area contributed by atoms with Crippen molar-refractivity contribution >= 4 is 0 Å². The molecule has 134 valence electrons. The Bertz CT molecular complexity index is 846. The van der Waals surface area contributed by atoms with Gasteiger partial charge in [0.05, 0.1) is 17.6 Å². The molecule has 0 amide bonds. The van der Waals surface area contributed by atoms with Gasteiger partial charge >= 0.3 is 0 Å². The second kappa shape index (κ2) is 7.79. The Morgan fingerprint density at radius 1 is 1.00 bits per heavy atom. The maximum atomic E-state index is 13.7. The molecular weight excluding hydrogens is 327 g/mol. The summed E-state index contributed by atoms with van der Waals surface area (Å²) in [5, 5.41) is 8.63. The lowest BCUT2D eigenvalue weighted by Gasteiger charge is -2.29. The minimum Gasteiger partial charge on any atom is -0.290 e.